The molecule has 0 spiro atoms. The minimum atomic E-state index is -0.128. The molecular formula is C32H33N7OS. The molecule has 2 atom stereocenters. The topological polar surface area (TPSA) is 90.5 Å². The molecule has 8 nitrogen and oxygen atoms in total. The molecule has 3 aromatic heterocycles. The number of carbonyl (C=O) groups excluding carboxylic acids is 1. The van der Waals surface area contributed by atoms with Crippen molar-refractivity contribution in [1.82, 2.24) is 29.5 Å². The van der Waals surface area contributed by atoms with Crippen LogP contribution in [0.5, 0.6) is 0 Å². The van der Waals surface area contributed by atoms with Crippen molar-refractivity contribution < 1.29 is 4.79 Å². The van der Waals surface area contributed by atoms with Gasteiger partial charge >= 0.3 is 0 Å². The van der Waals surface area contributed by atoms with Crippen molar-refractivity contribution in [3.63, 3.8) is 0 Å². The van der Waals surface area contributed by atoms with Crippen LogP contribution in [0.25, 0.3) is 28.3 Å². The van der Waals surface area contributed by atoms with Crippen molar-refractivity contribution in [1.29, 1.82) is 0 Å². The lowest BCUT2D eigenvalue weighted by Gasteiger charge is -2.31. The van der Waals surface area contributed by atoms with Crippen molar-refractivity contribution in [3.05, 3.63) is 90.8 Å². The van der Waals surface area contributed by atoms with Crippen LogP contribution in [0.4, 0.5) is 5.82 Å². The smallest absolute Gasteiger partial charge is 0.236 e. The molecule has 5 aromatic rings. The first-order valence-electron chi connectivity index (χ1n) is 14.1. The van der Waals surface area contributed by atoms with Crippen molar-refractivity contribution in [3.8, 4) is 28.3 Å². The lowest BCUT2D eigenvalue weighted by molar-refractivity contribution is -0.113. The molecule has 1 aliphatic carbocycles. The van der Waals surface area contributed by atoms with Crippen LogP contribution in [0.1, 0.15) is 44.2 Å². The standard InChI is InChI=1S/C32H33N7OS/c1-22-14-16-24(17-15-22)27-19-29(39(37-27)26-11-4-3-5-12-26)34-30(40)21-41-32-36-35-31(25-10-8-18-33-20-25)38(32)28-13-7-6-9-23(28)2/h3-5,8,10-12,14-20,23,28H,6-7,9,13,21H2,1-2H3,(H,34,40)/t23-,28+/m1/s1. The van der Waals surface area contributed by atoms with Gasteiger partial charge in [0.15, 0.2) is 11.0 Å². The zero-order valence-corrected chi connectivity index (χ0v) is 24.1. The third-order valence-electron chi connectivity index (χ3n) is 7.64. The van der Waals surface area contributed by atoms with Crippen LogP contribution in [0.15, 0.2) is 90.3 Å². The van der Waals surface area contributed by atoms with E-state index in [0.29, 0.717) is 11.7 Å². The summed E-state index contributed by atoms with van der Waals surface area (Å²) in [5.74, 6) is 2.01. The van der Waals surface area contributed by atoms with E-state index in [1.165, 1.54) is 36.6 Å². The van der Waals surface area contributed by atoms with Crippen LogP contribution in [-0.4, -0.2) is 41.2 Å². The summed E-state index contributed by atoms with van der Waals surface area (Å²) in [6.07, 6.45) is 8.25. The van der Waals surface area contributed by atoms with E-state index in [0.717, 1.165) is 39.9 Å². The molecule has 1 fully saturated rings. The highest BCUT2D eigenvalue weighted by atomic mass is 32.2. The number of amides is 1. The van der Waals surface area contributed by atoms with E-state index in [9.17, 15) is 4.79 Å². The van der Waals surface area contributed by atoms with Gasteiger partial charge in [0, 0.05) is 35.6 Å². The van der Waals surface area contributed by atoms with E-state index < -0.39 is 0 Å². The van der Waals surface area contributed by atoms with Gasteiger partial charge in [0.1, 0.15) is 5.82 Å². The summed E-state index contributed by atoms with van der Waals surface area (Å²) in [4.78, 5) is 17.6. The van der Waals surface area contributed by atoms with Crippen molar-refractivity contribution in [2.75, 3.05) is 11.1 Å². The molecule has 0 aliphatic heterocycles. The number of aromatic nitrogens is 6. The molecule has 6 rings (SSSR count). The number of thioether (sulfide) groups is 1. The Bertz CT molecular complexity index is 1610. The Labute approximate surface area is 244 Å². The molecule has 2 aromatic carbocycles. The third-order valence-corrected chi connectivity index (χ3v) is 8.58. The van der Waals surface area contributed by atoms with Gasteiger partial charge < -0.3 is 5.32 Å². The highest BCUT2D eigenvalue weighted by Gasteiger charge is 2.29. The first-order valence-corrected chi connectivity index (χ1v) is 15.1. The second-order valence-corrected chi connectivity index (χ2v) is 11.6. The normalized spacial score (nSPS) is 16.9. The molecule has 1 amide bonds. The quantitative estimate of drug-likeness (QED) is 0.205. The number of pyridine rings is 1. The molecule has 1 saturated carbocycles. The van der Waals surface area contributed by atoms with Crippen LogP contribution in [0.3, 0.4) is 0 Å². The molecule has 3 heterocycles. The number of anilines is 1. The van der Waals surface area contributed by atoms with Gasteiger partial charge in [-0.1, -0.05) is 79.6 Å². The zero-order chi connectivity index (χ0) is 28.2. The maximum absolute atomic E-state index is 13.3. The van der Waals surface area contributed by atoms with E-state index in [-0.39, 0.29) is 17.7 Å². The van der Waals surface area contributed by atoms with Crippen LogP contribution in [0, 0.1) is 12.8 Å². The lowest BCUT2D eigenvalue weighted by atomic mass is 9.85. The van der Waals surface area contributed by atoms with Gasteiger partial charge in [-0.3, -0.25) is 14.3 Å². The Kier molecular flexibility index (Phi) is 7.95. The number of aryl methyl sites for hydroxylation is 1. The Morgan fingerprint density at radius 1 is 0.976 bits per heavy atom. The molecule has 9 heteroatoms. The van der Waals surface area contributed by atoms with Crippen LogP contribution in [-0.2, 0) is 4.79 Å². The molecule has 0 saturated heterocycles. The Hall–Kier alpha value is -4.24. The zero-order valence-electron chi connectivity index (χ0n) is 23.3. The van der Waals surface area contributed by atoms with Gasteiger partial charge in [-0.15, -0.1) is 10.2 Å². The summed E-state index contributed by atoms with van der Waals surface area (Å²) in [6, 6.07) is 24.2. The number of para-hydroxylation sites is 1. The van der Waals surface area contributed by atoms with Crippen LogP contribution >= 0.6 is 11.8 Å². The van der Waals surface area contributed by atoms with Gasteiger partial charge in [0.2, 0.25) is 5.91 Å². The van der Waals surface area contributed by atoms with Crippen LogP contribution in [0.2, 0.25) is 0 Å². The summed E-state index contributed by atoms with van der Waals surface area (Å²) in [6.45, 7) is 4.36. The lowest BCUT2D eigenvalue weighted by Crippen LogP contribution is -2.23. The Morgan fingerprint density at radius 3 is 2.54 bits per heavy atom. The first kappa shape index (κ1) is 27.0. The molecule has 208 valence electrons. The Morgan fingerprint density at radius 2 is 1.78 bits per heavy atom. The molecule has 1 aliphatic rings. The van der Waals surface area contributed by atoms with Gasteiger partial charge in [-0.25, -0.2) is 4.68 Å². The van der Waals surface area contributed by atoms with E-state index in [4.69, 9.17) is 5.10 Å². The van der Waals surface area contributed by atoms with Gasteiger partial charge in [-0.05, 0) is 49.9 Å². The number of carbonyl (C=O) groups is 1. The van der Waals surface area contributed by atoms with Crippen molar-refractivity contribution in [2.45, 2.75) is 50.7 Å². The summed E-state index contributed by atoms with van der Waals surface area (Å²) >= 11 is 1.42. The fourth-order valence-corrected chi connectivity index (χ4v) is 6.25. The average molecular weight is 564 g/mol. The maximum atomic E-state index is 13.3. The third kappa shape index (κ3) is 5.95. The van der Waals surface area contributed by atoms with Crippen molar-refractivity contribution in [2.24, 2.45) is 5.92 Å². The highest BCUT2D eigenvalue weighted by Crippen LogP contribution is 2.39. The summed E-state index contributed by atoms with van der Waals surface area (Å²) in [5, 5.41) is 17.8. The van der Waals surface area contributed by atoms with Gasteiger partial charge in [0.25, 0.3) is 0 Å². The number of nitrogens with one attached hydrogen (secondary N) is 1. The minimum absolute atomic E-state index is 0.128. The first-order chi connectivity index (χ1) is 20.1. The molecule has 1 N–H and O–H groups in total. The fraction of sp³-hybridized carbons (Fsp3) is 0.281. The second-order valence-electron chi connectivity index (χ2n) is 10.6. The SMILES string of the molecule is Cc1ccc(-c2cc(NC(=O)CSc3nnc(-c4cccnc4)n3[C@H]3CCCC[C@H]3C)n(-c3ccccc3)n2)cc1. The molecule has 0 radical (unpaired) electrons. The minimum Gasteiger partial charge on any atom is -0.310 e. The summed E-state index contributed by atoms with van der Waals surface area (Å²) in [5.41, 5.74) is 4.78. The molecule has 41 heavy (non-hydrogen) atoms. The number of rotatable bonds is 8. The van der Waals surface area contributed by atoms with Gasteiger partial charge in [-0.2, -0.15) is 5.10 Å². The molecular weight excluding hydrogens is 530 g/mol. The molecule has 0 bridgehead atoms. The fourth-order valence-electron chi connectivity index (χ4n) is 5.46. The largest absolute Gasteiger partial charge is 0.310 e. The number of hydrogen-bond acceptors (Lipinski definition) is 6. The van der Waals surface area contributed by atoms with E-state index in [1.54, 1.807) is 10.9 Å². The van der Waals surface area contributed by atoms with Crippen molar-refractivity contribution >= 4 is 23.5 Å². The monoisotopic (exact) mass is 563 g/mol. The second kappa shape index (κ2) is 12.1. The summed E-state index contributed by atoms with van der Waals surface area (Å²) < 4.78 is 4.02. The van der Waals surface area contributed by atoms with E-state index in [1.807, 2.05) is 66.9 Å². The maximum Gasteiger partial charge on any atom is 0.236 e. The summed E-state index contributed by atoms with van der Waals surface area (Å²) in [7, 11) is 0. The van der Waals surface area contributed by atoms with Gasteiger partial charge in [0.05, 0.1) is 17.1 Å². The number of benzene rings is 2. The predicted octanol–water partition coefficient (Wildman–Crippen LogP) is 6.98. The number of hydrogen-bond donors (Lipinski definition) is 1. The Balaban J connectivity index is 1.25. The van der Waals surface area contributed by atoms with E-state index >= 15 is 0 Å². The highest BCUT2D eigenvalue weighted by molar-refractivity contribution is 7.99. The number of nitrogens with zero attached hydrogens (tertiary/aromatic N) is 6. The van der Waals surface area contributed by atoms with Crippen LogP contribution < -0.4 is 5.32 Å². The van der Waals surface area contributed by atoms with E-state index in [2.05, 4.69) is 51.0 Å². The average Bonchev–Trinajstić information content (AvgIpc) is 3.62. The predicted molar refractivity (Wildman–Crippen MR) is 163 cm³/mol. The molecule has 0 unspecified atom stereocenters.